The molecular weight excluding hydrogens is 264 g/mol. The Morgan fingerprint density at radius 2 is 2.11 bits per heavy atom. The van der Waals surface area contributed by atoms with Crippen molar-refractivity contribution in [2.45, 2.75) is 43.4 Å². The van der Waals surface area contributed by atoms with E-state index in [-0.39, 0.29) is 17.9 Å². The summed E-state index contributed by atoms with van der Waals surface area (Å²) < 4.78 is 31.0. The van der Waals surface area contributed by atoms with Gasteiger partial charge < -0.3 is 10.1 Å². The molecule has 1 rings (SSSR count). The van der Waals surface area contributed by atoms with Gasteiger partial charge in [-0.3, -0.25) is 4.79 Å². The second-order valence-electron chi connectivity index (χ2n) is 4.08. The minimum absolute atomic E-state index is 0.131. The number of rotatable bonds is 5. The minimum atomic E-state index is -4.11. The number of thioether (sulfide) groups is 1. The topological polar surface area (TPSA) is 55.4 Å². The number of halogens is 2. The molecule has 0 saturated heterocycles. The highest BCUT2D eigenvalue weighted by Crippen LogP contribution is 2.29. The highest BCUT2D eigenvalue weighted by atomic mass is 32.2. The molecule has 1 aliphatic rings. The van der Waals surface area contributed by atoms with Crippen molar-refractivity contribution in [1.82, 2.24) is 5.32 Å². The van der Waals surface area contributed by atoms with Crippen LogP contribution in [0.5, 0.6) is 0 Å². The third-order valence-corrected chi connectivity index (χ3v) is 4.06. The van der Waals surface area contributed by atoms with Gasteiger partial charge in [-0.15, -0.1) is 0 Å². The van der Waals surface area contributed by atoms with E-state index in [9.17, 15) is 18.4 Å². The third-order valence-electron chi connectivity index (χ3n) is 2.89. The van der Waals surface area contributed by atoms with Crippen LogP contribution in [0.3, 0.4) is 0 Å². The standard InChI is InChI=1S/C11H17F2NO3S/c1-3-17-10(16)11(12,13)9(15)14-7-5-4-6-8(7)18-2/h7-8H,3-6H2,1-2H3,(H,14,15). The van der Waals surface area contributed by atoms with E-state index in [4.69, 9.17) is 0 Å². The number of amides is 1. The zero-order valence-corrected chi connectivity index (χ0v) is 11.2. The van der Waals surface area contributed by atoms with Crippen molar-refractivity contribution in [3.8, 4) is 0 Å². The monoisotopic (exact) mass is 281 g/mol. The van der Waals surface area contributed by atoms with Gasteiger partial charge in [0.15, 0.2) is 0 Å². The van der Waals surface area contributed by atoms with Gasteiger partial charge in [0.1, 0.15) is 0 Å². The first-order valence-corrected chi connectivity index (χ1v) is 7.11. The van der Waals surface area contributed by atoms with Gasteiger partial charge in [0.2, 0.25) is 0 Å². The van der Waals surface area contributed by atoms with E-state index in [0.717, 1.165) is 12.8 Å². The molecule has 2 unspecified atom stereocenters. The van der Waals surface area contributed by atoms with Gasteiger partial charge in [0.05, 0.1) is 6.61 Å². The van der Waals surface area contributed by atoms with Crippen molar-refractivity contribution in [3.05, 3.63) is 0 Å². The molecule has 1 amide bonds. The fourth-order valence-corrected chi connectivity index (χ4v) is 2.88. The van der Waals surface area contributed by atoms with Crippen molar-refractivity contribution < 1.29 is 23.1 Å². The molecule has 0 radical (unpaired) electrons. The lowest BCUT2D eigenvalue weighted by Gasteiger charge is -2.21. The van der Waals surface area contributed by atoms with Crippen molar-refractivity contribution >= 4 is 23.6 Å². The molecule has 18 heavy (non-hydrogen) atoms. The van der Waals surface area contributed by atoms with Crippen LogP contribution in [0.2, 0.25) is 0 Å². The van der Waals surface area contributed by atoms with E-state index in [1.54, 1.807) is 0 Å². The lowest BCUT2D eigenvalue weighted by molar-refractivity contribution is -0.177. The molecule has 4 nitrogen and oxygen atoms in total. The number of alkyl halides is 2. The number of hydrogen-bond acceptors (Lipinski definition) is 4. The number of esters is 1. The summed E-state index contributed by atoms with van der Waals surface area (Å²) in [6.45, 7) is 1.23. The van der Waals surface area contributed by atoms with Crippen LogP contribution in [0.1, 0.15) is 26.2 Å². The van der Waals surface area contributed by atoms with E-state index < -0.39 is 17.8 Å². The molecule has 104 valence electrons. The van der Waals surface area contributed by atoms with Crippen LogP contribution in [0.15, 0.2) is 0 Å². The van der Waals surface area contributed by atoms with Gasteiger partial charge >= 0.3 is 17.8 Å². The molecule has 0 aromatic heterocycles. The number of carbonyl (C=O) groups is 2. The van der Waals surface area contributed by atoms with Crippen molar-refractivity contribution in [2.75, 3.05) is 12.9 Å². The van der Waals surface area contributed by atoms with E-state index >= 15 is 0 Å². The normalized spacial score (nSPS) is 23.8. The molecular formula is C11H17F2NO3S. The first kappa shape index (κ1) is 15.2. The maximum absolute atomic E-state index is 13.4. The molecule has 0 aliphatic heterocycles. The van der Waals surface area contributed by atoms with E-state index in [2.05, 4.69) is 10.1 Å². The van der Waals surface area contributed by atoms with Gasteiger partial charge in [-0.1, -0.05) is 6.42 Å². The van der Waals surface area contributed by atoms with Crippen LogP contribution in [0.25, 0.3) is 0 Å². The lowest BCUT2D eigenvalue weighted by Crippen LogP contribution is -2.51. The summed E-state index contributed by atoms with van der Waals surface area (Å²) in [4.78, 5) is 22.4. The zero-order valence-electron chi connectivity index (χ0n) is 10.4. The Hall–Kier alpha value is -0.850. The van der Waals surface area contributed by atoms with Crippen molar-refractivity contribution in [1.29, 1.82) is 0 Å². The van der Waals surface area contributed by atoms with Crippen LogP contribution >= 0.6 is 11.8 Å². The second kappa shape index (κ2) is 6.36. The highest BCUT2D eigenvalue weighted by molar-refractivity contribution is 7.99. The van der Waals surface area contributed by atoms with Gasteiger partial charge in [-0.2, -0.15) is 20.5 Å². The number of ether oxygens (including phenoxy) is 1. The van der Waals surface area contributed by atoms with E-state index in [1.165, 1.54) is 18.7 Å². The van der Waals surface area contributed by atoms with Crippen LogP contribution in [0.4, 0.5) is 8.78 Å². The third kappa shape index (κ3) is 3.34. The Morgan fingerprint density at radius 3 is 2.67 bits per heavy atom. The van der Waals surface area contributed by atoms with E-state index in [0.29, 0.717) is 6.42 Å². The minimum Gasteiger partial charge on any atom is -0.461 e. The summed E-state index contributed by atoms with van der Waals surface area (Å²) in [7, 11) is 0. The molecule has 0 aromatic rings. The average molecular weight is 281 g/mol. The first-order valence-electron chi connectivity index (χ1n) is 5.82. The van der Waals surface area contributed by atoms with Gasteiger partial charge in [0, 0.05) is 11.3 Å². The molecule has 7 heteroatoms. The predicted octanol–water partition coefficient (Wildman–Crippen LogP) is 1.59. The van der Waals surface area contributed by atoms with Gasteiger partial charge in [-0.25, -0.2) is 4.79 Å². The van der Waals surface area contributed by atoms with Crippen LogP contribution in [0, 0.1) is 0 Å². The lowest BCUT2D eigenvalue weighted by atomic mass is 10.2. The molecule has 1 fully saturated rings. The molecule has 2 atom stereocenters. The van der Waals surface area contributed by atoms with Crippen molar-refractivity contribution in [3.63, 3.8) is 0 Å². The van der Waals surface area contributed by atoms with E-state index in [1.807, 2.05) is 6.26 Å². The molecule has 0 aromatic carbocycles. The highest BCUT2D eigenvalue weighted by Gasteiger charge is 2.50. The summed E-state index contributed by atoms with van der Waals surface area (Å²) in [5, 5.41) is 2.38. The summed E-state index contributed by atoms with van der Waals surface area (Å²) in [5.74, 6) is -7.46. The van der Waals surface area contributed by atoms with Gasteiger partial charge in [0.25, 0.3) is 0 Å². The number of nitrogens with one attached hydrogen (secondary N) is 1. The molecule has 0 bridgehead atoms. The first-order chi connectivity index (χ1) is 8.43. The van der Waals surface area contributed by atoms with Crippen molar-refractivity contribution in [2.24, 2.45) is 0 Å². The Kier molecular flexibility index (Phi) is 5.37. The maximum atomic E-state index is 13.4. The second-order valence-corrected chi connectivity index (χ2v) is 5.16. The predicted molar refractivity (Wildman–Crippen MR) is 64.7 cm³/mol. The fraction of sp³-hybridized carbons (Fsp3) is 0.818. The zero-order chi connectivity index (χ0) is 13.8. The fourth-order valence-electron chi connectivity index (χ4n) is 1.95. The van der Waals surface area contributed by atoms with Crippen LogP contribution in [-0.2, 0) is 14.3 Å². The molecule has 1 aliphatic carbocycles. The largest absolute Gasteiger partial charge is 0.461 e. The van der Waals surface area contributed by atoms with Crippen LogP contribution in [-0.4, -0.2) is 42.0 Å². The molecule has 1 N–H and O–H groups in total. The summed E-state index contributed by atoms with van der Waals surface area (Å²) >= 11 is 1.54. The smallest absolute Gasteiger partial charge is 0.418 e. The number of carbonyl (C=O) groups excluding carboxylic acids is 2. The Labute approximate surface area is 109 Å². The van der Waals surface area contributed by atoms with Crippen LogP contribution < -0.4 is 5.32 Å². The quantitative estimate of drug-likeness (QED) is 0.614. The molecule has 1 saturated carbocycles. The summed E-state index contributed by atoms with van der Waals surface area (Å²) in [5.41, 5.74) is 0. The maximum Gasteiger partial charge on any atom is 0.418 e. The molecule has 0 heterocycles. The van der Waals surface area contributed by atoms with Gasteiger partial charge in [-0.05, 0) is 26.0 Å². The Bertz CT molecular complexity index is 325. The average Bonchev–Trinajstić information content (AvgIpc) is 2.76. The molecule has 0 spiro atoms. The summed E-state index contributed by atoms with van der Waals surface area (Å²) in [6, 6.07) is -0.298. The Balaban J connectivity index is 2.61. The number of hydrogen-bond donors (Lipinski definition) is 1. The summed E-state index contributed by atoms with van der Waals surface area (Å²) in [6.07, 6.45) is 4.31. The SMILES string of the molecule is CCOC(=O)C(F)(F)C(=O)NC1CCCC1SC. The Morgan fingerprint density at radius 1 is 1.44 bits per heavy atom.